The molecule has 3 heteroatoms. The highest BCUT2D eigenvalue weighted by Gasteiger charge is 2.12. The quantitative estimate of drug-likeness (QED) is 0.722. The van der Waals surface area contributed by atoms with Gasteiger partial charge in [0.05, 0.1) is 0 Å². The molecule has 0 fully saturated rings. The fourth-order valence-corrected chi connectivity index (χ4v) is 1.99. The van der Waals surface area contributed by atoms with Gasteiger partial charge in [0.25, 0.3) is 0 Å². The van der Waals surface area contributed by atoms with Crippen LogP contribution in [0, 0.1) is 11.7 Å². The largest absolute Gasteiger partial charge is 0.299 e. The predicted octanol–water partition coefficient (Wildman–Crippen LogP) is 5.00. The number of carbonyl (C=O) groups excluding carboxylic acids is 1. The van der Waals surface area contributed by atoms with Gasteiger partial charge in [0, 0.05) is 22.4 Å². The number of hydrogen-bond donors (Lipinski definition) is 0. The summed E-state index contributed by atoms with van der Waals surface area (Å²) < 4.78 is 14.4. The van der Waals surface area contributed by atoms with E-state index in [-0.39, 0.29) is 17.5 Å². The molecule has 0 aliphatic rings. The number of allylic oxidation sites excluding steroid dienone is 1. The standard InChI is InChI=1S/C15H18BrFO/c1-4-10(2)15(18)8-5-11(3)13-7-6-12(16)9-14(13)17/h6-7,9-10H,3-5,8H2,1-2H3. The minimum Gasteiger partial charge on any atom is -0.299 e. The lowest BCUT2D eigenvalue weighted by Crippen LogP contribution is -2.09. The van der Waals surface area contributed by atoms with E-state index in [1.165, 1.54) is 6.07 Å². The maximum absolute atomic E-state index is 13.7. The summed E-state index contributed by atoms with van der Waals surface area (Å²) in [6.45, 7) is 7.78. The highest BCUT2D eigenvalue weighted by molar-refractivity contribution is 9.10. The molecule has 0 aliphatic heterocycles. The average molecular weight is 313 g/mol. The van der Waals surface area contributed by atoms with Crippen LogP contribution in [0.1, 0.15) is 38.7 Å². The van der Waals surface area contributed by atoms with Crippen LogP contribution in [0.5, 0.6) is 0 Å². The van der Waals surface area contributed by atoms with Crippen molar-refractivity contribution < 1.29 is 9.18 Å². The summed E-state index contributed by atoms with van der Waals surface area (Å²) in [5.74, 6) is -0.00546. The van der Waals surface area contributed by atoms with Gasteiger partial charge in [-0.2, -0.15) is 0 Å². The molecule has 0 N–H and O–H groups in total. The predicted molar refractivity (Wildman–Crippen MR) is 76.8 cm³/mol. The van der Waals surface area contributed by atoms with Crippen molar-refractivity contribution in [2.75, 3.05) is 0 Å². The van der Waals surface area contributed by atoms with Gasteiger partial charge < -0.3 is 0 Å². The van der Waals surface area contributed by atoms with Crippen molar-refractivity contribution in [1.29, 1.82) is 0 Å². The maximum atomic E-state index is 13.7. The van der Waals surface area contributed by atoms with Gasteiger partial charge in [0.15, 0.2) is 0 Å². The molecule has 98 valence electrons. The molecule has 1 rings (SSSR count). The second-order valence-electron chi connectivity index (χ2n) is 4.50. The van der Waals surface area contributed by atoms with E-state index < -0.39 is 0 Å². The van der Waals surface area contributed by atoms with E-state index in [0.717, 1.165) is 6.42 Å². The van der Waals surface area contributed by atoms with Crippen molar-refractivity contribution in [3.05, 3.63) is 40.6 Å². The summed E-state index contributed by atoms with van der Waals surface area (Å²) in [6, 6.07) is 4.88. The third kappa shape index (κ3) is 4.05. The van der Waals surface area contributed by atoms with Crippen LogP contribution in [-0.4, -0.2) is 5.78 Å². The lowest BCUT2D eigenvalue weighted by atomic mass is 9.95. The first kappa shape index (κ1) is 15.1. The van der Waals surface area contributed by atoms with E-state index in [1.807, 2.05) is 13.8 Å². The second-order valence-corrected chi connectivity index (χ2v) is 5.42. The van der Waals surface area contributed by atoms with Gasteiger partial charge in [-0.25, -0.2) is 4.39 Å². The molecule has 0 radical (unpaired) electrons. The molecule has 1 atom stereocenters. The van der Waals surface area contributed by atoms with Crippen LogP contribution in [0.15, 0.2) is 29.3 Å². The van der Waals surface area contributed by atoms with E-state index >= 15 is 0 Å². The number of hydrogen-bond acceptors (Lipinski definition) is 1. The van der Waals surface area contributed by atoms with Gasteiger partial charge >= 0.3 is 0 Å². The van der Waals surface area contributed by atoms with Crippen molar-refractivity contribution in [3.63, 3.8) is 0 Å². The van der Waals surface area contributed by atoms with E-state index in [4.69, 9.17) is 0 Å². The van der Waals surface area contributed by atoms with Crippen LogP contribution in [0.25, 0.3) is 5.57 Å². The molecule has 0 aliphatic carbocycles. The zero-order chi connectivity index (χ0) is 13.7. The summed E-state index contributed by atoms with van der Waals surface area (Å²) in [4.78, 5) is 11.7. The molecule has 0 saturated heterocycles. The highest BCUT2D eigenvalue weighted by Crippen LogP contribution is 2.24. The Bertz CT molecular complexity index is 454. The number of Topliss-reactive ketones (excluding diaryl/α,β-unsaturated/α-hetero) is 1. The van der Waals surface area contributed by atoms with E-state index in [0.29, 0.717) is 28.5 Å². The summed E-state index contributed by atoms with van der Waals surface area (Å²) in [5, 5.41) is 0. The van der Waals surface area contributed by atoms with Crippen LogP contribution in [-0.2, 0) is 4.79 Å². The first-order valence-electron chi connectivity index (χ1n) is 6.11. The van der Waals surface area contributed by atoms with Gasteiger partial charge in [-0.05, 0) is 30.5 Å². The molecule has 0 heterocycles. The number of ketones is 1. The topological polar surface area (TPSA) is 17.1 Å². The normalized spacial score (nSPS) is 12.2. The molecule has 0 bridgehead atoms. The molecule has 0 aromatic heterocycles. The lowest BCUT2D eigenvalue weighted by Gasteiger charge is -2.10. The Balaban J connectivity index is 2.63. The van der Waals surface area contributed by atoms with Crippen molar-refractivity contribution in [2.45, 2.75) is 33.1 Å². The van der Waals surface area contributed by atoms with Crippen molar-refractivity contribution in [2.24, 2.45) is 5.92 Å². The van der Waals surface area contributed by atoms with Crippen LogP contribution in [0.2, 0.25) is 0 Å². The van der Waals surface area contributed by atoms with E-state index in [1.54, 1.807) is 12.1 Å². The first-order valence-corrected chi connectivity index (χ1v) is 6.91. The average Bonchev–Trinajstić information content (AvgIpc) is 2.34. The Morgan fingerprint density at radius 1 is 1.44 bits per heavy atom. The second kappa shape index (κ2) is 6.83. The van der Waals surface area contributed by atoms with Crippen molar-refractivity contribution in [1.82, 2.24) is 0 Å². The molecular formula is C15H18BrFO. The fraction of sp³-hybridized carbons (Fsp3) is 0.400. The molecular weight excluding hydrogens is 295 g/mol. The molecule has 0 saturated carbocycles. The molecule has 1 aromatic carbocycles. The summed E-state index contributed by atoms with van der Waals surface area (Å²) in [7, 11) is 0. The van der Waals surface area contributed by atoms with Crippen molar-refractivity contribution in [3.8, 4) is 0 Å². The summed E-state index contributed by atoms with van der Waals surface area (Å²) in [6.07, 6.45) is 1.79. The third-order valence-corrected chi connectivity index (χ3v) is 3.64. The first-order chi connectivity index (χ1) is 8.45. The highest BCUT2D eigenvalue weighted by atomic mass is 79.9. The molecule has 1 aromatic rings. The number of halogens is 2. The van der Waals surface area contributed by atoms with E-state index in [9.17, 15) is 9.18 Å². The zero-order valence-corrected chi connectivity index (χ0v) is 12.4. The summed E-state index contributed by atoms with van der Waals surface area (Å²) >= 11 is 3.21. The lowest BCUT2D eigenvalue weighted by molar-refractivity contribution is -0.122. The molecule has 0 spiro atoms. The van der Waals surface area contributed by atoms with Crippen LogP contribution < -0.4 is 0 Å². The number of benzene rings is 1. The molecule has 1 nitrogen and oxygen atoms in total. The fourth-order valence-electron chi connectivity index (χ4n) is 1.66. The Kier molecular flexibility index (Phi) is 5.73. The molecule has 0 amide bonds. The SMILES string of the molecule is C=C(CCC(=O)C(C)CC)c1ccc(Br)cc1F. The molecule has 18 heavy (non-hydrogen) atoms. The minimum atomic E-state index is -0.301. The van der Waals surface area contributed by atoms with Crippen LogP contribution in [0.3, 0.4) is 0 Å². The Labute approximate surface area is 116 Å². The van der Waals surface area contributed by atoms with Crippen molar-refractivity contribution >= 4 is 27.3 Å². The van der Waals surface area contributed by atoms with Gasteiger partial charge in [-0.3, -0.25) is 4.79 Å². The monoisotopic (exact) mass is 312 g/mol. The Morgan fingerprint density at radius 2 is 2.11 bits per heavy atom. The Hall–Kier alpha value is -0.960. The van der Waals surface area contributed by atoms with E-state index in [2.05, 4.69) is 22.5 Å². The number of rotatable bonds is 6. The van der Waals surface area contributed by atoms with Crippen LogP contribution in [0.4, 0.5) is 4.39 Å². The van der Waals surface area contributed by atoms with Gasteiger partial charge in [0.2, 0.25) is 0 Å². The zero-order valence-electron chi connectivity index (χ0n) is 10.8. The summed E-state index contributed by atoms with van der Waals surface area (Å²) in [5.41, 5.74) is 1.17. The third-order valence-electron chi connectivity index (χ3n) is 3.15. The van der Waals surface area contributed by atoms with Gasteiger partial charge in [-0.1, -0.05) is 42.4 Å². The maximum Gasteiger partial charge on any atom is 0.136 e. The van der Waals surface area contributed by atoms with Crippen LogP contribution >= 0.6 is 15.9 Å². The smallest absolute Gasteiger partial charge is 0.136 e. The van der Waals surface area contributed by atoms with Gasteiger partial charge in [0.1, 0.15) is 11.6 Å². The van der Waals surface area contributed by atoms with Gasteiger partial charge in [-0.15, -0.1) is 0 Å². The number of carbonyl (C=O) groups is 1. The Morgan fingerprint density at radius 3 is 2.67 bits per heavy atom. The molecule has 1 unspecified atom stereocenters. The minimum absolute atomic E-state index is 0.0764.